The summed E-state index contributed by atoms with van der Waals surface area (Å²) in [7, 11) is 0. The molecule has 0 aromatic rings. The highest BCUT2D eigenvalue weighted by Gasteiger charge is 2.58. The molecule has 0 spiro atoms. The molecule has 130 valence electrons. The standard InChI is InChI=1S/C20H32O3/c1-19-11-4-3-5-13(19)6-7-14-15-8-9-17(23-18(21)22)20(15,2)12-10-16(14)19/h9,13-16,18,21-22H,3-8,10-12H2,1-2H3/t13?,14-,15-,16+,19-,20-/m0/s1. The van der Waals surface area contributed by atoms with Crippen LogP contribution >= 0.6 is 0 Å². The van der Waals surface area contributed by atoms with Gasteiger partial charge in [0, 0.05) is 5.41 Å². The van der Waals surface area contributed by atoms with E-state index in [0.717, 1.165) is 36.4 Å². The van der Waals surface area contributed by atoms with E-state index in [1.807, 2.05) is 0 Å². The van der Waals surface area contributed by atoms with Gasteiger partial charge in [-0.1, -0.05) is 26.7 Å². The summed E-state index contributed by atoms with van der Waals surface area (Å²) in [5.41, 5.74) is 0.575. The van der Waals surface area contributed by atoms with E-state index in [9.17, 15) is 10.2 Å². The van der Waals surface area contributed by atoms with Crippen molar-refractivity contribution in [1.29, 1.82) is 0 Å². The second-order valence-corrected chi connectivity index (χ2v) is 9.11. The van der Waals surface area contributed by atoms with Crippen LogP contribution in [0.15, 0.2) is 11.8 Å². The van der Waals surface area contributed by atoms with Crippen LogP contribution in [0.4, 0.5) is 0 Å². The Balaban J connectivity index is 1.58. The van der Waals surface area contributed by atoms with Crippen LogP contribution in [-0.4, -0.2) is 16.7 Å². The lowest BCUT2D eigenvalue weighted by Gasteiger charge is -2.60. The molecule has 0 bridgehead atoms. The number of allylic oxidation sites excluding steroid dienone is 2. The minimum Gasteiger partial charge on any atom is -0.446 e. The van der Waals surface area contributed by atoms with E-state index >= 15 is 0 Å². The first-order chi connectivity index (χ1) is 10.9. The fourth-order valence-electron chi connectivity index (χ4n) is 7.12. The summed E-state index contributed by atoms with van der Waals surface area (Å²) in [6, 6.07) is 0. The summed E-state index contributed by atoms with van der Waals surface area (Å²) < 4.78 is 5.37. The van der Waals surface area contributed by atoms with Crippen LogP contribution in [0.3, 0.4) is 0 Å². The summed E-state index contributed by atoms with van der Waals surface area (Å²) in [4.78, 5) is 0. The largest absolute Gasteiger partial charge is 0.446 e. The Kier molecular flexibility index (Phi) is 3.81. The molecule has 0 aromatic carbocycles. The average Bonchev–Trinajstić information content (AvgIpc) is 2.83. The van der Waals surface area contributed by atoms with Gasteiger partial charge in [0.05, 0.1) is 0 Å². The van der Waals surface area contributed by atoms with Gasteiger partial charge in [0.2, 0.25) is 0 Å². The van der Waals surface area contributed by atoms with Gasteiger partial charge in [-0.05, 0) is 80.1 Å². The van der Waals surface area contributed by atoms with Crippen molar-refractivity contribution in [3.8, 4) is 0 Å². The SMILES string of the molecule is C[C@]12CCCCC1CC[C@@H]1[C@H]2CC[C@]2(C)C(OC(O)O)=CC[C@@H]12. The highest BCUT2D eigenvalue weighted by molar-refractivity contribution is 5.21. The zero-order chi connectivity index (χ0) is 16.2. The van der Waals surface area contributed by atoms with Crippen molar-refractivity contribution >= 4 is 0 Å². The minimum atomic E-state index is -1.68. The molecule has 3 saturated carbocycles. The van der Waals surface area contributed by atoms with Gasteiger partial charge in [-0.3, -0.25) is 0 Å². The maximum atomic E-state index is 9.24. The van der Waals surface area contributed by atoms with E-state index in [1.54, 1.807) is 0 Å². The molecule has 4 aliphatic rings. The molecule has 3 fully saturated rings. The molecule has 23 heavy (non-hydrogen) atoms. The average molecular weight is 320 g/mol. The molecule has 3 heteroatoms. The highest BCUT2D eigenvalue weighted by atomic mass is 16.7. The Morgan fingerprint density at radius 3 is 2.65 bits per heavy atom. The second kappa shape index (κ2) is 5.49. The molecular weight excluding hydrogens is 288 g/mol. The molecule has 0 saturated heterocycles. The summed E-state index contributed by atoms with van der Waals surface area (Å²) in [6.07, 6.45) is 14.1. The maximum Gasteiger partial charge on any atom is 0.310 e. The third-order valence-corrected chi connectivity index (χ3v) is 8.33. The number of aliphatic hydroxyl groups is 2. The normalized spacial score (nSPS) is 49.2. The van der Waals surface area contributed by atoms with Gasteiger partial charge in [0.1, 0.15) is 5.76 Å². The third kappa shape index (κ3) is 2.30. The van der Waals surface area contributed by atoms with E-state index in [-0.39, 0.29) is 5.41 Å². The van der Waals surface area contributed by atoms with Gasteiger partial charge < -0.3 is 14.9 Å². The molecule has 0 aromatic heterocycles. The molecule has 0 amide bonds. The predicted molar refractivity (Wildman–Crippen MR) is 89.1 cm³/mol. The van der Waals surface area contributed by atoms with Crippen LogP contribution in [0.25, 0.3) is 0 Å². The highest BCUT2D eigenvalue weighted by Crippen LogP contribution is 2.66. The first kappa shape index (κ1) is 16.0. The molecule has 1 unspecified atom stereocenters. The number of rotatable bonds is 2. The Bertz CT molecular complexity index is 499. The Morgan fingerprint density at radius 1 is 1.04 bits per heavy atom. The summed E-state index contributed by atoms with van der Waals surface area (Å²) in [5, 5.41) is 18.5. The van der Waals surface area contributed by atoms with Gasteiger partial charge in [0.25, 0.3) is 0 Å². The summed E-state index contributed by atoms with van der Waals surface area (Å²) in [5.74, 6) is 4.08. The van der Waals surface area contributed by atoms with Crippen molar-refractivity contribution in [2.24, 2.45) is 34.5 Å². The van der Waals surface area contributed by atoms with Gasteiger partial charge in [-0.25, -0.2) is 0 Å². The number of ether oxygens (including phenoxy) is 1. The van der Waals surface area contributed by atoms with Gasteiger partial charge in [0.15, 0.2) is 0 Å². The van der Waals surface area contributed by atoms with Gasteiger partial charge in [-0.2, -0.15) is 0 Å². The molecule has 0 radical (unpaired) electrons. The molecule has 4 aliphatic carbocycles. The van der Waals surface area contributed by atoms with Crippen LogP contribution < -0.4 is 0 Å². The van der Waals surface area contributed by atoms with Crippen LogP contribution in [0, 0.1) is 34.5 Å². The Hall–Kier alpha value is -0.540. The van der Waals surface area contributed by atoms with E-state index < -0.39 is 6.48 Å². The molecule has 0 aliphatic heterocycles. The first-order valence-corrected chi connectivity index (χ1v) is 9.68. The van der Waals surface area contributed by atoms with Crippen molar-refractivity contribution in [2.75, 3.05) is 0 Å². The smallest absolute Gasteiger partial charge is 0.310 e. The fourth-order valence-corrected chi connectivity index (χ4v) is 7.12. The van der Waals surface area contributed by atoms with Crippen molar-refractivity contribution in [1.82, 2.24) is 0 Å². The number of fused-ring (bicyclic) bond motifs is 5. The molecule has 2 N–H and O–H groups in total. The molecule has 6 atom stereocenters. The minimum absolute atomic E-state index is 0.0166. The number of hydrogen-bond donors (Lipinski definition) is 2. The lowest BCUT2D eigenvalue weighted by Crippen LogP contribution is -2.52. The molecule has 3 nitrogen and oxygen atoms in total. The Morgan fingerprint density at radius 2 is 1.87 bits per heavy atom. The van der Waals surface area contributed by atoms with E-state index in [2.05, 4.69) is 19.9 Å². The van der Waals surface area contributed by atoms with E-state index in [0.29, 0.717) is 11.3 Å². The fraction of sp³-hybridized carbons (Fsp3) is 0.900. The van der Waals surface area contributed by atoms with Crippen LogP contribution in [0.2, 0.25) is 0 Å². The molecule has 4 rings (SSSR count). The first-order valence-electron chi connectivity index (χ1n) is 9.68. The molecule has 0 heterocycles. The molecular formula is C20H32O3. The Labute approximate surface area is 140 Å². The van der Waals surface area contributed by atoms with Crippen molar-refractivity contribution < 1.29 is 14.9 Å². The van der Waals surface area contributed by atoms with Crippen molar-refractivity contribution in [3.63, 3.8) is 0 Å². The number of hydrogen-bond acceptors (Lipinski definition) is 3. The van der Waals surface area contributed by atoms with Crippen LogP contribution in [0.1, 0.15) is 71.6 Å². The third-order valence-electron chi connectivity index (χ3n) is 8.33. The maximum absolute atomic E-state index is 9.24. The predicted octanol–water partition coefficient (Wildman–Crippen LogP) is 4.20. The summed E-state index contributed by atoms with van der Waals surface area (Å²) in [6.45, 7) is 3.21. The van der Waals surface area contributed by atoms with Crippen molar-refractivity contribution in [2.45, 2.75) is 78.1 Å². The summed E-state index contributed by atoms with van der Waals surface area (Å²) >= 11 is 0. The van der Waals surface area contributed by atoms with Gasteiger partial charge in [-0.15, -0.1) is 0 Å². The lowest BCUT2D eigenvalue weighted by atomic mass is 9.45. The zero-order valence-electron chi connectivity index (χ0n) is 14.6. The van der Waals surface area contributed by atoms with Crippen LogP contribution in [-0.2, 0) is 4.74 Å². The monoisotopic (exact) mass is 320 g/mol. The van der Waals surface area contributed by atoms with Crippen LogP contribution in [0.5, 0.6) is 0 Å². The van der Waals surface area contributed by atoms with Crippen molar-refractivity contribution in [3.05, 3.63) is 11.8 Å². The zero-order valence-corrected chi connectivity index (χ0v) is 14.6. The van der Waals surface area contributed by atoms with E-state index in [1.165, 1.54) is 44.9 Å². The lowest BCUT2D eigenvalue weighted by molar-refractivity contribution is -0.225. The quantitative estimate of drug-likeness (QED) is 0.750. The topological polar surface area (TPSA) is 49.7 Å². The van der Waals surface area contributed by atoms with Gasteiger partial charge >= 0.3 is 6.48 Å². The second-order valence-electron chi connectivity index (χ2n) is 9.11. The number of aliphatic hydroxyl groups excluding tert-OH is 1. The van der Waals surface area contributed by atoms with E-state index in [4.69, 9.17) is 4.74 Å².